The van der Waals surface area contributed by atoms with E-state index in [0.717, 1.165) is 11.2 Å². The standard InChI is InChI=1S/C15H16N4O2/c1-8(2)12-7-13(19-18-12)15(20)17-10-4-5-11-14(6-10)21-9(3)16-11/h4-8H,1-3H3,(H,17,20)(H,18,19). The summed E-state index contributed by atoms with van der Waals surface area (Å²) in [6, 6.07) is 7.12. The van der Waals surface area contributed by atoms with Gasteiger partial charge in [0.05, 0.1) is 0 Å². The SMILES string of the molecule is Cc1nc2ccc(NC(=O)c3cc(C(C)C)[nH]n3)cc2o1. The molecule has 6 heteroatoms. The number of carbonyl (C=O) groups excluding carboxylic acids is 1. The molecule has 3 rings (SSSR count). The maximum absolute atomic E-state index is 12.2. The number of hydrogen-bond acceptors (Lipinski definition) is 4. The van der Waals surface area contributed by atoms with E-state index in [-0.39, 0.29) is 5.91 Å². The lowest BCUT2D eigenvalue weighted by Crippen LogP contribution is -2.12. The summed E-state index contributed by atoms with van der Waals surface area (Å²) in [4.78, 5) is 16.4. The first-order chi connectivity index (χ1) is 10.0. The van der Waals surface area contributed by atoms with Crippen LogP contribution in [0, 0.1) is 6.92 Å². The van der Waals surface area contributed by atoms with Gasteiger partial charge in [-0.15, -0.1) is 0 Å². The summed E-state index contributed by atoms with van der Waals surface area (Å²) in [6.07, 6.45) is 0. The second-order valence-corrected chi connectivity index (χ2v) is 5.23. The summed E-state index contributed by atoms with van der Waals surface area (Å²) in [5.74, 6) is 0.642. The predicted molar refractivity (Wildman–Crippen MR) is 79.4 cm³/mol. The monoisotopic (exact) mass is 284 g/mol. The molecule has 1 aromatic carbocycles. The van der Waals surface area contributed by atoms with E-state index >= 15 is 0 Å². The Bertz CT molecular complexity index is 801. The van der Waals surface area contributed by atoms with Crippen LogP contribution < -0.4 is 5.32 Å². The minimum atomic E-state index is -0.256. The van der Waals surface area contributed by atoms with Crippen molar-refractivity contribution >= 4 is 22.7 Å². The normalized spacial score (nSPS) is 11.2. The fourth-order valence-electron chi connectivity index (χ4n) is 2.06. The zero-order valence-corrected chi connectivity index (χ0v) is 12.1. The van der Waals surface area contributed by atoms with E-state index in [9.17, 15) is 4.79 Å². The molecular weight excluding hydrogens is 268 g/mol. The third-order valence-corrected chi connectivity index (χ3v) is 3.21. The number of aryl methyl sites for hydroxylation is 1. The van der Waals surface area contributed by atoms with Gasteiger partial charge in [0.15, 0.2) is 17.2 Å². The highest BCUT2D eigenvalue weighted by atomic mass is 16.3. The molecule has 6 nitrogen and oxygen atoms in total. The summed E-state index contributed by atoms with van der Waals surface area (Å²) in [6.45, 7) is 5.86. The molecule has 0 spiro atoms. The number of nitrogens with one attached hydrogen (secondary N) is 2. The van der Waals surface area contributed by atoms with Crippen LogP contribution in [-0.2, 0) is 0 Å². The van der Waals surface area contributed by atoms with Crippen LogP contribution in [0.3, 0.4) is 0 Å². The quantitative estimate of drug-likeness (QED) is 0.773. The van der Waals surface area contributed by atoms with Gasteiger partial charge in [-0.2, -0.15) is 5.10 Å². The Labute approximate surface area is 121 Å². The predicted octanol–water partition coefficient (Wildman–Crippen LogP) is 3.24. The van der Waals surface area contributed by atoms with E-state index in [0.29, 0.717) is 28.8 Å². The van der Waals surface area contributed by atoms with E-state index in [2.05, 4.69) is 20.5 Å². The number of aromatic amines is 1. The molecule has 0 aliphatic heterocycles. The van der Waals surface area contributed by atoms with E-state index in [4.69, 9.17) is 4.42 Å². The molecule has 2 N–H and O–H groups in total. The number of H-pyrrole nitrogens is 1. The summed E-state index contributed by atoms with van der Waals surface area (Å²) in [5.41, 5.74) is 3.37. The van der Waals surface area contributed by atoms with E-state index in [1.807, 2.05) is 19.9 Å². The van der Waals surface area contributed by atoms with Crippen molar-refractivity contribution in [1.29, 1.82) is 0 Å². The first kappa shape index (κ1) is 13.4. The van der Waals surface area contributed by atoms with Gasteiger partial charge in [0.1, 0.15) is 5.52 Å². The summed E-state index contributed by atoms with van der Waals surface area (Å²) in [5, 5.41) is 9.70. The molecule has 0 unspecified atom stereocenters. The van der Waals surface area contributed by atoms with E-state index in [1.165, 1.54) is 0 Å². The van der Waals surface area contributed by atoms with E-state index in [1.54, 1.807) is 25.1 Å². The molecule has 1 amide bonds. The van der Waals surface area contributed by atoms with Gasteiger partial charge < -0.3 is 9.73 Å². The van der Waals surface area contributed by atoms with Crippen molar-refractivity contribution in [3.8, 4) is 0 Å². The molecule has 0 saturated heterocycles. The van der Waals surface area contributed by atoms with Crippen LogP contribution in [0.4, 0.5) is 5.69 Å². The van der Waals surface area contributed by atoms with Gasteiger partial charge in [-0.3, -0.25) is 9.89 Å². The molecule has 3 aromatic rings. The molecule has 0 aliphatic rings. The number of carbonyl (C=O) groups is 1. The number of nitrogens with zero attached hydrogens (tertiary/aromatic N) is 2. The zero-order chi connectivity index (χ0) is 15.0. The van der Waals surface area contributed by atoms with Gasteiger partial charge in [0, 0.05) is 24.4 Å². The Balaban J connectivity index is 1.81. The molecule has 2 heterocycles. The minimum absolute atomic E-state index is 0.256. The number of anilines is 1. The lowest BCUT2D eigenvalue weighted by atomic mass is 10.1. The largest absolute Gasteiger partial charge is 0.441 e. The second-order valence-electron chi connectivity index (χ2n) is 5.23. The molecule has 0 saturated carbocycles. The Morgan fingerprint density at radius 2 is 2.14 bits per heavy atom. The van der Waals surface area contributed by atoms with Crippen LogP contribution in [0.2, 0.25) is 0 Å². The van der Waals surface area contributed by atoms with Crippen LogP contribution in [0.5, 0.6) is 0 Å². The Kier molecular flexibility index (Phi) is 3.21. The Morgan fingerprint density at radius 3 is 2.86 bits per heavy atom. The number of aromatic nitrogens is 3. The summed E-state index contributed by atoms with van der Waals surface area (Å²) in [7, 11) is 0. The Morgan fingerprint density at radius 1 is 1.33 bits per heavy atom. The number of hydrogen-bond donors (Lipinski definition) is 2. The number of amides is 1. The van der Waals surface area contributed by atoms with Crippen molar-refractivity contribution in [2.24, 2.45) is 0 Å². The molecule has 0 aliphatic carbocycles. The summed E-state index contributed by atoms with van der Waals surface area (Å²) < 4.78 is 5.45. The minimum Gasteiger partial charge on any atom is -0.441 e. The molecule has 0 atom stereocenters. The lowest BCUT2D eigenvalue weighted by molar-refractivity contribution is 0.102. The number of rotatable bonds is 3. The molecule has 21 heavy (non-hydrogen) atoms. The number of benzene rings is 1. The van der Waals surface area contributed by atoms with Gasteiger partial charge in [0.2, 0.25) is 0 Å². The molecule has 108 valence electrons. The fourth-order valence-corrected chi connectivity index (χ4v) is 2.06. The summed E-state index contributed by atoms with van der Waals surface area (Å²) >= 11 is 0. The molecule has 0 radical (unpaired) electrons. The van der Waals surface area contributed by atoms with Gasteiger partial charge in [0.25, 0.3) is 5.91 Å². The topological polar surface area (TPSA) is 83.8 Å². The lowest BCUT2D eigenvalue weighted by Gasteiger charge is -2.02. The van der Waals surface area contributed by atoms with Crippen LogP contribution >= 0.6 is 0 Å². The molecule has 0 fully saturated rings. The molecular formula is C15H16N4O2. The highest BCUT2D eigenvalue weighted by Gasteiger charge is 2.13. The Hall–Kier alpha value is -2.63. The van der Waals surface area contributed by atoms with Crippen LogP contribution in [0.15, 0.2) is 28.7 Å². The maximum atomic E-state index is 12.2. The van der Waals surface area contributed by atoms with E-state index < -0.39 is 0 Å². The van der Waals surface area contributed by atoms with Crippen molar-refractivity contribution in [3.05, 3.63) is 41.5 Å². The fraction of sp³-hybridized carbons (Fsp3) is 0.267. The van der Waals surface area contributed by atoms with Crippen molar-refractivity contribution in [3.63, 3.8) is 0 Å². The molecule has 0 bridgehead atoms. The smallest absolute Gasteiger partial charge is 0.276 e. The molecule has 2 aromatic heterocycles. The van der Waals surface area contributed by atoms with Crippen molar-refractivity contribution in [1.82, 2.24) is 15.2 Å². The van der Waals surface area contributed by atoms with Crippen LogP contribution in [0.25, 0.3) is 11.1 Å². The van der Waals surface area contributed by atoms with Gasteiger partial charge in [-0.1, -0.05) is 13.8 Å². The van der Waals surface area contributed by atoms with Gasteiger partial charge >= 0.3 is 0 Å². The third-order valence-electron chi connectivity index (χ3n) is 3.21. The van der Waals surface area contributed by atoms with Crippen LogP contribution in [-0.4, -0.2) is 21.1 Å². The number of oxazole rings is 1. The average molecular weight is 284 g/mol. The maximum Gasteiger partial charge on any atom is 0.276 e. The van der Waals surface area contributed by atoms with Crippen LogP contribution in [0.1, 0.15) is 41.8 Å². The highest BCUT2D eigenvalue weighted by Crippen LogP contribution is 2.20. The van der Waals surface area contributed by atoms with Gasteiger partial charge in [-0.25, -0.2) is 4.98 Å². The third kappa shape index (κ3) is 2.65. The second kappa shape index (κ2) is 5.05. The average Bonchev–Trinajstić information content (AvgIpc) is 3.03. The number of fused-ring (bicyclic) bond motifs is 1. The first-order valence-corrected chi connectivity index (χ1v) is 6.77. The van der Waals surface area contributed by atoms with Crippen molar-refractivity contribution < 1.29 is 9.21 Å². The first-order valence-electron chi connectivity index (χ1n) is 6.77. The highest BCUT2D eigenvalue weighted by molar-refractivity contribution is 6.03. The zero-order valence-electron chi connectivity index (χ0n) is 12.1. The van der Waals surface area contributed by atoms with Crippen molar-refractivity contribution in [2.45, 2.75) is 26.7 Å². The van der Waals surface area contributed by atoms with Gasteiger partial charge in [-0.05, 0) is 24.1 Å². The van der Waals surface area contributed by atoms with Crippen molar-refractivity contribution in [2.75, 3.05) is 5.32 Å².